The molecular formula is C17H25BrN2O. The molecule has 2 aliphatic rings. The highest BCUT2D eigenvalue weighted by atomic mass is 79.9. The van der Waals surface area contributed by atoms with Gasteiger partial charge in [-0.05, 0) is 43.4 Å². The summed E-state index contributed by atoms with van der Waals surface area (Å²) < 4.78 is 6.66. The summed E-state index contributed by atoms with van der Waals surface area (Å²) >= 11 is 3.58. The molecule has 0 bridgehead atoms. The van der Waals surface area contributed by atoms with Gasteiger partial charge in [-0.1, -0.05) is 22.9 Å². The lowest BCUT2D eigenvalue weighted by Gasteiger charge is -2.40. The molecule has 1 aromatic rings. The first-order valence-electron chi connectivity index (χ1n) is 8.01. The van der Waals surface area contributed by atoms with Crippen LogP contribution in [0.3, 0.4) is 0 Å². The molecule has 2 fully saturated rings. The molecule has 1 N–H and O–H groups in total. The molecule has 3 nitrogen and oxygen atoms in total. The first-order chi connectivity index (χ1) is 10.2. The third kappa shape index (κ3) is 3.61. The number of methoxy groups -OCH3 is 1. The maximum Gasteiger partial charge on any atom is 0.123 e. The van der Waals surface area contributed by atoms with Crippen LogP contribution in [0.5, 0.6) is 5.75 Å². The maximum atomic E-state index is 5.53. The van der Waals surface area contributed by atoms with Gasteiger partial charge in [0.15, 0.2) is 0 Å². The maximum absolute atomic E-state index is 5.53. The summed E-state index contributed by atoms with van der Waals surface area (Å²) in [7, 11) is 1.76. The number of benzene rings is 1. The van der Waals surface area contributed by atoms with E-state index < -0.39 is 0 Å². The molecule has 21 heavy (non-hydrogen) atoms. The van der Waals surface area contributed by atoms with Crippen molar-refractivity contribution in [2.45, 2.75) is 44.8 Å². The first kappa shape index (κ1) is 15.3. The summed E-state index contributed by atoms with van der Waals surface area (Å²) in [5, 5.41) is 3.76. The number of hydrogen-bond donors (Lipinski definition) is 1. The van der Waals surface area contributed by atoms with Crippen LogP contribution in [-0.4, -0.2) is 37.2 Å². The molecule has 0 amide bonds. The second kappa shape index (κ2) is 6.67. The second-order valence-electron chi connectivity index (χ2n) is 6.30. The number of nitrogens with one attached hydrogen (secondary N) is 1. The fourth-order valence-corrected chi connectivity index (χ4v) is 3.79. The Morgan fingerprint density at radius 3 is 2.86 bits per heavy atom. The van der Waals surface area contributed by atoms with Crippen molar-refractivity contribution >= 4 is 15.9 Å². The van der Waals surface area contributed by atoms with Gasteiger partial charge in [-0.15, -0.1) is 0 Å². The van der Waals surface area contributed by atoms with Gasteiger partial charge in [-0.25, -0.2) is 0 Å². The second-order valence-corrected chi connectivity index (χ2v) is 7.22. The summed E-state index contributed by atoms with van der Waals surface area (Å²) in [5.74, 6) is 1.91. The lowest BCUT2D eigenvalue weighted by Crippen LogP contribution is -2.56. The zero-order valence-corrected chi connectivity index (χ0v) is 14.5. The van der Waals surface area contributed by atoms with Crippen molar-refractivity contribution in [2.24, 2.45) is 5.92 Å². The molecule has 1 aliphatic heterocycles. The van der Waals surface area contributed by atoms with Gasteiger partial charge in [0.05, 0.1) is 7.11 Å². The smallest absolute Gasteiger partial charge is 0.123 e. The Balaban J connectivity index is 1.75. The Hall–Kier alpha value is -0.580. The fraction of sp³-hybridized carbons (Fsp3) is 0.647. The number of ether oxygens (including phenoxy) is 1. The number of halogens is 1. The lowest BCUT2D eigenvalue weighted by molar-refractivity contribution is 0.111. The normalized spacial score (nSPS) is 26.8. The van der Waals surface area contributed by atoms with Crippen LogP contribution in [0.2, 0.25) is 0 Å². The van der Waals surface area contributed by atoms with Gasteiger partial charge in [-0.2, -0.15) is 0 Å². The number of piperazine rings is 1. The lowest BCUT2D eigenvalue weighted by atomic mass is 10.0. The predicted molar refractivity (Wildman–Crippen MR) is 89.7 cm³/mol. The van der Waals surface area contributed by atoms with Crippen molar-refractivity contribution in [2.75, 3.05) is 20.2 Å². The van der Waals surface area contributed by atoms with Crippen LogP contribution in [0.1, 0.15) is 31.7 Å². The highest BCUT2D eigenvalue weighted by Gasteiger charge is 2.36. The zero-order valence-electron chi connectivity index (χ0n) is 12.9. The van der Waals surface area contributed by atoms with E-state index in [1.807, 2.05) is 6.07 Å². The van der Waals surface area contributed by atoms with Gasteiger partial charge < -0.3 is 10.1 Å². The third-order valence-electron chi connectivity index (χ3n) is 4.84. The van der Waals surface area contributed by atoms with Gasteiger partial charge in [0.1, 0.15) is 5.75 Å². The predicted octanol–water partition coefficient (Wildman–Crippen LogP) is 3.42. The third-order valence-corrected chi connectivity index (χ3v) is 5.33. The van der Waals surface area contributed by atoms with E-state index in [0.29, 0.717) is 12.1 Å². The van der Waals surface area contributed by atoms with Crippen molar-refractivity contribution in [1.82, 2.24) is 10.2 Å². The van der Waals surface area contributed by atoms with Crippen molar-refractivity contribution in [1.29, 1.82) is 0 Å². The van der Waals surface area contributed by atoms with E-state index in [9.17, 15) is 0 Å². The molecule has 3 rings (SSSR count). The minimum Gasteiger partial charge on any atom is -0.496 e. The van der Waals surface area contributed by atoms with Crippen molar-refractivity contribution in [3.05, 3.63) is 28.2 Å². The van der Waals surface area contributed by atoms with Gasteiger partial charge in [0.2, 0.25) is 0 Å². The first-order valence-corrected chi connectivity index (χ1v) is 8.80. The van der Waals surface area contributed by atoms with Gasteiger partial charge in [0, 0.05) is 41.8 Å². The molecule has 1 saturated heterocycles. The van der Waals surface area contributed by atoms with Crippen LogP contribution in [0.4, 0.5) is 0 Å². The SMILES string of the molecule is CCC1CNC(C2CC2)CN1Cc1cc(Br)ccc1OC. The Morgan fingerprint density at radius 2 is 2.19 bits per heavy atom. The number of nitrogens with zero attached hydrogens (tertiary/aromatic N) is 1. The number of rotatable bonds is 5. The molecule has 1 aliphatic carbocycles. The zero-order chi connectivity index (χ0) is 14.8. The Labute approximate surface area is 136 Å². The average Bonchev–Trinajstić information content (AvgIpc) is 3.32. The highest BCUT2D eigenvalue weighted by molar-refractivity contribution is 9.10. The average molecular weight is 353 g/mol. The van der Waals surface area contributed by atoms with Crippen LogP contribution in [0, 0.1) is 5.92 Å². The van der Waals surface area contributed by atoms with Crippen molar-refractivity contribution in [3.63, 3.8) is 0 Å². The monoisotopic (exact) mass is 352 g/mol. The van der Waals surface area contributed by atoms with E-state index in [1.165, 1.54) is 31.4 Å². The highest BCUT2D eigenvalue weighted by Crippen LogP contribution is 2.35. The largest absolute Gasteiger partial charge is 0.496 e. The van der Waals surface area contributed by atoms with Crippen LogP contribution in [0.25, 0.3) is 0 Å². The molecule has 0 spiro atoms. The Morgan fingerprint density at radius 1 is 1.38 bits per heavy atom. The van der Waals surface area contributed by atoms with Crippen LogP contribution in [0.15, 0.2) is 22.7 Å². The van der Waals surface area contributed by atoms with Crippen molar-refractivity contribution in [3.8, 4) is 5.75 Å². The quantitative estimate of drug-likeness (QED) is 0.878. The van der Waals surface area contributed by atoms with Crippen LogP contribution < -0.4 is 10.1 Å². The van der Waals surface area contributed by atoms with E-state index in [0.717, 1.165) is 29.2 Å². The molecule has 0 aromatic heterocycles. The molecular weight excluding hydrogens is 328 g/mol. The van der Waals surface area contributed by atoms with E-state index in [1.54, 1.807) is 7.11 Å². The Kier molecular flexibility index (Phi) is 4.87. The summed E-state index contributed by atoms with van der Waals surface area (Å²) in [6, 6.07) is 7.61. The standard InChI is InChI=1S/C17H25BrN2O/c1-3-15-9-19-16(12-4-5-12)11-20(15)10-13-8-14(18)6-7-17(13)21-2/h6-8,12,15-16,19H,3-5,9-11H2,1-2H3. The molecule has 1 aromatic carbocycles. The van der Waals surface area contributed by atoms with E-state index >= 15 is 0 Å². The molecule has 1 saturated carbocycles. The summed E-state index contributed by atoms with van der Waals surface area (Å²) in [4.78, 5) is 2.64. The number of hydrogen-bond acceptors (Lipinski definition) is 3. The van der Waals surface area contributed by atoms with Gasteiger partial charge in [0.25, 0.3) is 0 Å². The minimum atomic E-state index is 0.628. The van der Waals surface area contributed by atoms with Gasteiger partial charge >= 0.3 is 0 Å². The van der Waals surface area contributed by atoms with Crippen LogP contribution >= 0.6 is 15.9 Å². The van der Waals surface area contributed by atoms with Gasteiger partial charge in [-0.3, -0.25) is 4.90 Å². The molecule has 116 valence electrons. The fourth-order valence-electron chi connectivity index (χ4n) is 3.38. The molecule has 4 heteroatoms. The van der Waals surface area contributed by atoms with E-state index in [2.05, 4.69) is 45.2 Å². The molecule has 2 atom stereocenters. The molecule has 1 heterocycles. The summed E-state index contributed by atoms with van der Waals surface area (Å²) in [6.07, 6.45) is 4.01. The minimum absolute atomic E-state index is 0.628. The summed E-state index contributed by atoms with van der Waals surface area (Å²) in [6.45, 7) is 5.55. The van der Waals surface area contributed by atoms with Crippen LogP contribution in [-0.2, 0) is 6.54 Å². The topological polar surface area (TPSA) is 24.5 Å². The van der Waals surface area contributed by atoms with E-state index in [4.69, 9.17) is 4.74 Å². The Bertz CT molecular complexity index is 490. The molecule has 2 unspecified atom stereocenters. The van der Waals surface area contributed by atoms with E-state index in [-0.39, 0.29) is 0 Å². The summed E-state index contributed by atoms with van der Waals surface area (Å²) in [5.41, 5.74) is 1.28. The van der Waals surface area contributed by atoms with Crippen molar-refractivity contribution < 1.29 is 4.74 Å². The molecule has 0 radical (unpaired) electrons.